The van der Waals surface area contributed by atoms with Crippen molar-refractivity contribution < 1.29 is 19.1 Å². The second kappa shape index (κ2) is 11.9. The number of anilines is 2. The second-order valence-corrected chi connectivity index (χ2v) is 11.1. The predicted molar refractivity (Wildman–Crippen MR) is 155 cm³/mol. The summed E-state index contributed by atoms with van der Waals surface area (Å²) in [5.74, 6) is -0.587. The Hall–Kier alpha value is -3.53. The summed E-state index contributed by atoms with van der Waals surface area (Å²) >= 11 is 5.91. The summed E-state index contributed by atoms with van der Waals surface area (Å²) in [7, 11) is 0. The maximum absolute atomic E-state index is 15.0. The van der Waals surface area contributed by atoms with Crippen LogP contribution in [0.2, 0.25) is 5.02 Å². The number of nitrogens with zero attached hydrogens (tertiary/aromatic N) is 2. The molecule has 2 heterocycles. The minimum Gasteiger partial charge on any atom is -0.391 e. The zero-order chi connectivity index (χ0) is 28.3. The van der Waals surface area contributed by atoms with Crippen molar-refractivity contribution in [2.45, 2.75) is 56.2 Å². The SMILES string of the molecule is NC(CCC1CC1)(C1=NC=CC=CC1)c1ccc(F)c(NC(=O)[C@H]2C[C@@H](O)CN2C(=O)Nc2ccc(Cl)cc2)c1. The Morgan fingerprint density at radius 3 is 2.67 bits per heavy atom. The third kappa shape index (κ3) is 6.43. The molecule has 5 N–H and O–H groups in total. The van der Waals surface area contributed by atoms with Crippen LogP contribution in [-0.4, -0.2) is 46.3 Å². The van der Waals surface area contributed by atoms with Crippen molar-refractivity contribution in [3.8, 4) is 0 Å². The summed E-state index contributed by atoms with van der Waals surface area (Å²) in [4.78, 5) is 32.2. The lowest BCUT2D eigenvalue weighted by Crippen LogP contribution is -2.46. The number of urea groups is 1. The van der Waals surface area contributed by atoms with Crippen molar-refractivity contribution >= 4 is 40.6 Å². The van der Waals surface area contributed by atoms with Crippen LogP contribution < -0.4 is 16.4 Å². The molecule has 0 radical (unpaired) electrons. The maximum Gasteiger partial charge on any atom is 0.322 e. The molecule has 1 aliphatic carbocycles. The molecular formula is C30H33ClFN5O3. The van der Waals surface area contributed by atoms with Crippen LogP contribution in [0.1, 0.15) is 44.1 Å². The molecule has 5 rings (SSSR count). The largest absolute Gasteiger partial charge is 0.391 e. The number of rotatable bonds is 8. The third-order valence-electron chi connectivity index (χ3n) is 7.71. The molecule has 10 heteroatoms. The van der Waals surface area contributed by atoms with Crippen molar-refractivity contribution in [1.29, 1.82) is 0 Å². The zero-order valence-corrected chi connectivity index (χ0v) is 22.8. The van der Waals surface area contributed by atoms with Crippen LogP contribution in [0.4, 0.5) is 20.6 Å². The van der Waals surface area contributed by atoms with E-state index in [1.807, 2.05) is 18.2 Å². The number of halogens is 2. The van der Waals surface area contributed by atoms with Gasteiger partial charge in [-0.3, -0.25) is 9.79 Å². The molecule has 40 heavy (non-hydrogen) atoms. The van der Waals surface area contributed by atoms with Gasteiger partial charge in [-0.15, -0.1) is 0 Å². The molecule has 8 nitrogen and oxygen atoms in total. The fourth-order valence-electron chi connectivity index (χ4n) is 5.21. The molecule has 0 bridgehead atoms. The van der Waals surface area contributed by atoms with E-state index in [2.05, 4.69) is 15.6 Å². The topological polar surface area (TPSA) is 120 Å². The van der Waals surface area contributed by atoms with Crippen LogP contribution in [0.5, 0.6) is 0 Å². The molecule has 1 unspecified atom stereocenters. The number of hydrogen-bond acceptors (Lipinski definition) is 5. The number of nitrogens with one attached hydrogen (secondary N) is 2. The van der Waals surface area contributed by atoms with Crippen LogP contribution >= 0.6 is 11.6 Å². The van der Waals surface area contributed by atoms with Gasteiger partial charge < -0.3 is 26.4 Å². The van der Waals surface area contributed by atoms with E-state index in [0.717, 1.165) is 12.1 Å². The fraction of sp³-hybridized carbons (Fsp3) is 0.367. The number of aliphatic hydroxyl groups is 1. The minimum atomic E-state index is -0.996. The monoisotopic (exact) mass is 565 g/mol. The number of likely N-dealkylation sites (tertiary alicyclic amines) is 1. The molecule has 1 saturated heterocycles. The fourth-order valence-corrected chi connectivity index (χ4v) is 5.34. The van der Waals surface area contributed by atoms with Gasteiger partial charge in [0.25, 0.3) is 0 Å². The molecule has 2 aromatic carbocycles. The summed E-state index contributed by atoms with van der Waals surface area (Å²) in [5, 5.41) is 16.2. The smallest absolute Gasteiger partial charge is 0.322 e. The normalized spacial score (nSPS) is 21.9. The van der Waals surface area contributed by atoms with E-state index >= 15 is 4.39 Å². The van der Waals surface area contributed by atoms with Gasteiger partial charge in [0.1, 0.15) is 11.9 Å². The van der Waals surface area contributed by atoms with E-state index in [-0.39, 0.29) is 18.7 Å². The van der Waals surface area contributed by atoms with Gasteiger partial charge in [-0.25, -0.2) is 9.18 Å². The first-order valence-electron chi connectivity index (χ1n) is 13.5. The van der Waals surface area contributed by atoms with E-state index in [4.69, 9.17) is 17.3 Å². The van der Waals surface area contributed by atoms with Gasteiger partial charge in [-0.2, -0.15) is 0 Å². The van der Waals surface area contributed by atoms with Crippen LogP contribution in [0.15, 0.2) is 71.9 Å². The van der Waals surface area contributed by atoms with E-state index in [9.17, 15) is 14.7 Å². The highest BCUT2D eigenvalue weighted by molar-refractivity contribution is 6.30. The van der Waals surface area contributed by atoms with Crippen molar-refractivity contribution in [1.82, 2.24) is 4.90 Å². The average molecular weight is 566 g/mol. The average Bonchev–Trinajstić information content (AvgIpc) is 3.74. The number of aliphatic hydroxyl groups excluding tert-OH is 1. The quantitative estimate of drug-likeness (QED) is 0.345. The number of benzene rings is 2. The Morgan fingerprint density at radius 1 is 1.15 bits per heavy atom. The molecule has 0 aromatic heterocycles. The first kappa shape index (κ1) is 28.0. The molecule has 1 saturated carbocycles. The number of aliphatic imine (C=N–C) groups is 1. The Kier molecular flexibility index (Phi) is 8.35. The molecule has 2 aromatic rings. The molecule has 2 aliphatic heterocycles. The number of nitrogens with two attached hydrogens (primary N) is 1. The number of amides is 3. The summed E-state index contributed by atoms with van der Waals surface area (Å²) in [6.07, 6.45) is 11.1. The van der Waals surface area contributed by atoms with E-state index < -0.39 is 35.4 Å². The lowest BCUT2D eigenvalue weighted by molar-refractivity contribution is -0.119. The molecule has 3 atom stereocenters. The number of carbonyl (C=O) groups is 2. The van der Waals surface area contributed by atoms with E-state index in [0.29, 0.717) is 35.0 Å². The highest BCUT2D eigenvalue weighted by Crippen LogP contribution is 2.39. The van der Waals surface area contributed by atoms with Crippen LogP contribution in [-0.2, 0) is 10.3 Å². The lowest BCUT2D eigenvalue weighted by Gasteiger charge is -2.32. The predicted octanol–water partition coefficient (Wildman–Crippen LogP) is 5.34. The Bertz CT molecular complexity index is 1360. The Labute approximate surface area is 237 Å². The summed E-state index contributed by atoms with van der Waals surface area (Å²) in [6, 6.07) is 9.47. The van der Waals surface area contributed by atoms with Crippen molar-refractivity contribution in [2.75, 3.05) is 17.2 Å². The molecule has 3 aliphatic rings. The minimum absolute atomic E-state index is 0.0267. The summed E-state index contributed by atoms with van der Waals surface area (Å²) < 4.78 is 15.0. The van der Waals surface area contributed by atoms with Crippen molar-refractivity contribution in [3.05, 3.63) is 83.3 Å². The van der Waals surface area contributed by atoms with Gasteiger partial charge in [-0.05, 0) is 66.8 Å². The van der Waals surface area contributed by atoms with E-state index in [1.54, 1.807) is 42.6 Å². The summed E-state index contributed by atoms with van der Waals surface area (Å²) in [5.41, 5.74) is 7.97. The zero-order valence-electron chi connectivity index (χ0n) is 22.0. The van der Waals surface area contributed by atoms with Crippen LogP contribution in [0, 0.1) is 11.7 Å². The Balaban J connectivity index is 1.36. The molecule has 2 fully saturated rings. The van der Waals surface area contributed by atoms with Crippen LogP contribution in [0.3, 0.4) is 0 Å². The molecular weight excluding hydrogens is 533 g/mol. The van der Waals surface area contributed by atoms with Crippen molar-refractivity contribution in [3.63, 3.8) is 0 Å². The maximum atomic E-state index is 15.0. The number of carbonyl (C=O) groups excluding carboxylic acids is 2. The molecule has 3 amide bonds. The van der Waals surface area contributed by atoms with Gasteiger partial charge in [-0.1, -0.05) is 42.7 Å². The van der Waals surface area contributed by atoms with Crippen LogP contribution in [0.25, 0.3) is 0 Å². The standard InChI is InChI=1S/C30H33ClFN5O3/c31-21-8-10-22(11-9-21)35-29(40)37-18-23(38)17-26(37)28(39)36-25-16-20(7-12-24(25)32)30(33,14-13-19-5-6-19)27-4-2-1-3-15-34-27/h1-3,7-12,15-16,19,23,26,38H,4-6,13-14,17-18,33H2,(H,35,40)(H,36,39)/t23-,26-,30?/m1/s1. The number of β-amino-alcohol motifs (C(OH)–C–C–N with tert-alkyl or cyclic N) is 1. The molecule has 210 valence electrons. The lowest BCUT2D eigenvalue weighted by atomic mass is 9.79. The summed E-state index contributed by atoms with van der Waals surface area (Å²) in [6.45, 7) is -0.0338. The number of allylic oxidation sites excluding steroid dienone is 3. The second-order valence-electron chi connectivity index (χ2n) is 10.7. The van der Waals surface area contributed by atoms with Gasteiger partial charge in [0.2, 0.25) is 5.91 Å². The molecule has 0 spiro atoms. The van der Waals surface area contributed by atoms with Gasteiger partial charge in [0.15, 0.2) is 0 Å². The highest BCUT2D eigenvalue weighted by Gasteiger charge is 2.40. The third-order valence-corrected chi connectivity index (χ3v) is 7.96. The number of hydrogen-bond donors (Lipinski definition) is 4. The highest BCUT2D eigenvalue weighted by atomic mass is 35.5. The first-order chi connectivity index (χ1) is 19.2. The van der Waals surface area contributed by atoms with Gasteiger partial charge in [0, 0.05) is 42.0 Å². The van der Waals surface area contributed by atoms with Gasteiger partial charge >= 0.3 is 6.03 Å². The van der Waals surface area contributed by atoms with E-state index in [1.165, 1.54) is 23.8 Å². The van der Waals surface area contributed by atoms with Gasteiger partial charge in [0.05, 0.1) is 17.3 Å². The van der Waals surface area contributed by atoms with Crippen molar-refractivity contribution in [2.24, 2.45) is 16.6 Å². The Morgan fingerprint density at radius 2 is 1.93 bits per heavy atom. The first-order valence-corrected chi connectivity index (χ1v) is 13.9.